The van der Waals surface area contributed by atoms with Crippen molar-refractivity contribution in [2.45, 2.75) is 57.9 Å². The topological polar surface area (TPSA) is 84.0 Å². The predicted octanol–water partition coefficient (Wildman–Crippen LogP) is 5.99. The molecule has 8 heteroatoms. The fourth-order valence-electron chi connectivity index (χ4n) is 3.39. The van der Waals surface area contributed by atoms with E-state index in [0.29, 0.717) is 23.0 Å². The van der Waals surface area contributed by atoms with Crippen molar-refractivity contribution < 1.29 is 9.59 Å². The number of nitrogens with zero attached hydrogens (tertiary/aromatic N) is 2. The molecular weight excluding hydrogens is 500 g/mol. The summed E-state index contributed by atoms with van der Waals surface area (Å²) < 4.78 is 0.981. The fourth-order valence-corrected chi connectivity index (χ4v) is 4.41. The van der Waals surface area contributed by atoms with E-state index in [1.165, 1.54) is 24.2 Å². The third-order valence-corrected chi connectivity index (χ3v) is 6.60. The van der Waals surface area contributed by atoms with Gasteiger partial charge in [-0.05, 0) is 24.1 Å². The number of carbonyl (C=O) groups excluding carboxylic acids is 2. The lowest BCUT2D eigenvalue weighted by molar-refractivity contribution is -0.126. The summed E-state index contributed by atoms with van der Waals surface area (Å²) in [6.45, 7) is 2.17. The van der Waals surface area contributed by atoms with E-state index >= 15 is 0 Å². The maximum Gasteiger partial charge on any atom is 0.249 e. The first-order chi connectivity index (χ1) is 16.0. The summed E-state index contributed by atoms with van der Waals surface area (Å²) in [6.07, 6.45) is 6.18. The van der Waals surface area contributed by atoms with Gasteiger partial charge in [0.25, 0.3) is 0 Å². The van der Waals surface area contributed by atoms with Crippen LogP contribution in [0, 0.1) is 0 Å². The highest BCUT2D eigenvalue weighted by Crippen LogP contribution is 2.27. The molecule has 6 nitrogen and oxygen atoms in total. The van der Waals surface area contributed by atoms with Crippen LogP contribution >= 0.6 is 27.3 Å². The number of aromatic nitrogens is 2. The second kappa shape index (κ2) is 13.2. The monoisotopic (exact) mass is 528 g/mol. The minimum Gasteiger partial charge on any atom is -0.344 e. The van der Waals surface area contributed by atoms with Gasteiger partial charge in [0.2, 0.25) is 16.9 Å². The molecule has 3 rings (SSSR count). The second-order valence-corrected chi connectivity index (χ2v) is 9.78. The Kier molecular flexibility index (Phi) is 10.0. The maximum atomic E-state index is 13.1. The summed E-state index contributed by atoms with van der Waals surface area (Å²) in [6, 6.07) is 16.7. The van der Waals surface area contributed by atoms with E-state index in [1.54, 1.807) is 0 Å². The number of halogens is 1. The van der Waals surface area contributed by atoms with Gasteiger partial charge in [-0.1, -0.05) is 102 Å². The van der Waals surface area contributed by atoms with Crippen LogP contribution in [0.15, 0.2) is 59.1 Å². The van der Waals surface area contributed by atoms with E-state index in [2.05, 4.69) is 43.7 Å². The lowest BCUT2D eigenvalue weighted by Crippen LogP contribution is -2.45. The molecule has 33 heavy (non-hydrogen) atoms. The van der Waals surface area contributed by atoms with Gasteiger partial charge < -0.3 is 5.32 Å². The Morgan fingerprint density at radius 1 is 0.970 bits per heavy atom. The summed E-state index contributed by atoms with van der Waals surface area (Å²) >= 11 is 4.72. The molecule has 1 unspecified atom stereocenters. The molecule has 1 atom stereocenters. The largest absolute Gasteiger partial charge is 0.344 e. The second-order valence-electron chi connectivity index (χ2n) is 7.88. The highest BCUT2D eigenvalue weighted by Gasteiger charge is 2.22. The Bertz CT molecular complexity index is 1020. The van der Waals surface area contributed by atoms with Crippen LogP contribution in [0.3, 0.4) is 0 Å². The quantitative estimate of drug-likeness (QED) is 0.282. The van der Waals surface area contributed by atoms with Crippen LogP contribution in [0.4, 0.5) is 5.13 Å². The molecule has 0 saturated carbocycles. The van der Waals surface area contributed by atoms with Gasteiger partial charge in [-0.15, -0.1) is 10.2 Å². The minimum atomic E-state index is -0.685. The zero-order valence-electron chi connectivity index (χ0n) is 18.7. The van der Waals surface area contributed by atoms with Crippen molar-refractivity contribution in [3.63, 3.8) is 0 Å². The molecule has 0 fully saturated rings. The number of nitrogens with one attached hydrogen (secondary N) is 2. The molecule has 0 radical (unpaired) electrons. The van der Waals surface area contributed by atoms with Crippen LogP contribution in [-0.2, 0) is 16.0 Å². The van der Waals surface area contributed by atoms with Crippen LogP contribution in [0.5, 0.6) is 0 Å². The van der Waals surface area contributed by atoms with Crippen molar-refractivity contribution in [3.8, 4) is 10.6 Å². The average molecular weight is 530 g/mol. The smallest absolute Gasteiger partial charge is 0.249 e. The zero-order valence-corrected chi connectivity index (χ0v) is 21.1. The van der Waals surface area contributed by atoms with Gasteiger partial charge in [-0.3, -0.25) is 14.9 Å². The summed E-state index contributed by atoms with van der Waals surface area (Å²) in [5.74, 6) is -0.396. The number of amides is 2. The first-order valence-electron chi connectivity index (χ1n) is 11.3. The SMILES string of the molecule is CCCCCCCC(=O)NC(Cc1ccccc1)C(=O)Nc1nnc(-c2ccc(Br)cc2)s1. The number of carbonyl (C=O) groups is 2. The van der Waals surface area contributed by atoms with Crippen molar-refractivity contribution in [1.29, 1.82) is 0 Å². The Morgan fingerprint density at radius 3 is 2.42 bits per heavy atom. The van der Waals surface area contributed by atoms with Crippen molar-refractivity contribution in [1.82, 2.24) is 15.5 Å². The highest BCUT2D eigenvalue weighted by molar-refractivity contribution is 9.10. The fraction of sp³-hybridized carbons (Fsp3) is 0.360. The highest BCUT2D eigenvalue weighted by atomic mass is 79.9. The molecule has 2 amide bonds. The van der Waals surface area contributed by atoms with Gasteiger partial charge in [0.15, 0.2) is 0 Å². The van der Waals surface area contributed by atoms with Crippen LogP contribution < -0.4 is 10.6 Å². The number of anilines is 1. The molecule has 2 aromatic carbocycles. The average Bonchev–Trinajstić information content (AvgIpc) is 3.28. The first-order valence-corrected chi connectivity index (χ1v) is 12.9. The Balaban J connectivity index is 1.63. The van der Waals surface area contributed by atoms with E-state index in [9.17, 15) is 9.59 Å². The summed E-state index contributed by atoms with van der Waals surface area (Å²) in [5.41, 5.74) is 1.90. The Hall–Kier alpha value is -2.58. The summed E-state index contributed by atoms with van der Waals surface area (Å²) in [4.78, 5) is 25.6. The number of hydrogen-bond acceptors (Lipinski definition) is 5. The standard InChI is InChI=1S/C25H29BrN4O2S/c1-2-3-4-5-9-12-22(31)27-21(17-18-10-7-6-8-11-18)23(32)28-25-30-29-24(33-25)19-13-15-20(26)16-14-19/h6-8,10-11,13-16,21H,2-5,9,12,17H2,1H3,(H,27,31)(H,28,30,32). The lowest BCUT2D eigenvalue weighted by atomic mass is 10.0. The molecule has 0 saturated heterocycles. The van der Waals surface area contributed by atoms with Crippen molar-refractivity contribution in [3.05, 3.63) is 64.6 Å². The molecule has 0 aliphatic rings. The molecule has 0 aliphatic carbocycles. The lowest BCUT2D eigenvalue weighted by Gasteiger charge is -2.18. The van der Waals surface area contributed by atoms with Gasteiger partial charge in [0.05, 0.1) is 0 Å². The van der Waals surface area contributed by atoms with Gasteiger partial charge >= 0.3 is 0 Å². The zero-order chi connectivity index (χ0) is 23.5. The first kappa shape index (κ1) is 25.1. The van der Waals surface area contributed by atoms with E-state index in [0.717, 1.165) is 34.9 Å². The van der Waals surface area contributed by atoms with E-state index < -0.39 is 6.04 Å². The number of benzene rings is 2. The summed E-state index contributed by atoms with van der Waals surface area (Å²) in [5, 5.41) is 15.2. The minimum absolute atomic E-state index is 0.101. The number of unbranched alkanes of at least 4 members (excludes halogenated alkanes) is 4. The van der Waals surface area contributed by atoms with Crippen LogP contribution in [0.2, 0.25) is 0 Å². The molecule has 0 bridgehead atoms. The third-order valence-electron chi connectivity index (χ3n) is 5.19. The van der Waals surface area contributed by atoms with Crippen molar-refractivity contribution >= 4 is 44.2 Å². The molecule has 174 valence electrons. The van der Waals surface area contributed by atoms with E-state index in [4.69, 9.17) is 0 Å². The van der Waals surface area contributed by atoms with Crippen LogP contribution in [-0.4, -0.2) is 28.1 Å². The molecular formula is C25H29BrN4O2S. The van der Waals surface area contributed by atoms with E-state index in [-0.39, 0.29) is 11.8 Å². The van der Waals surface area contributed by atoms with Gasteiger partial charge in [0.1, 0.15) is 11.0 Å². The Labute approximate surface area is 207 Å². The number of rotatable bonds is 12. The van der Waals surface area contributed by atoms with Crippen LogP contribution in [0.25, 0.3) is 10.6 Å². The van der Waals surface area contributed by atoms with Gasteiger partial charge in [-0.2, -0.15) is 0 Å². The Morgan fingerprint density at radius 2 is 1.70 bits per heavy atom. The summed E-state index contributed by atoms with van der Waals surface area (Å²) in [7, 11) is 0. The molecule has 1 aromatic heterocycles. The molecule has 0 aliphatic heterocycles. The molecule has 0 spiro atoms. The third kappa shape index (κ3) is 8.37. The maximum absolute atomic E-state index is 13.1. The van der Waals surface area contributed by atoms with E-state index in [1.807, 2.05) is 54.6 Å². The molecule has 3 aromatic rings. The van der Waals surface area contributed by atoms with Crippen LogP contribution in [0.1, 0.15) is 51.0 Å². The molecule has 2 N–H and O–H groups in total. The van der Waals surface area contributed by atoms with Gasteiger partial charge in [-0.25, -0.2) is 0 Å². The van der Waals surface area contributed by atoms with Crippen molar-refractivity contribution in [2.24, 2.45) is 0 Å². The normalized spacial score (nSPS) is 11.7. The number of hydrogen-bond donors (Lipinski definition) is 2. The molecule has 1 heterocycles. The van der Waals surface area contributed by atoms with Crippen molar-refractivity contribution in [2.75, 3.05) is 5.32 Å². The predicted molar refractivity (Wildman–Crippen MR) is 137 cm³/mol. The van der Waals surface area contributed by atoms with Gasteiger partial charge in [0, 0.05) is 22.9 Å².